The lowest BCUT2D eigenvalue weighted by atomic mass is 9.83. The van der Waals surface area contributed by atoms with Gasteiger partial charge in [-0.2, -0.15) is 0 Å². The molecule has 15 heavy (non-hydrogen) atoms. The third-order valence-corrected chi connectivity index (χ3v) is 5.42. The number of sulfone groups is 1. The molecule has 1 saturated heterocycles. The molecule has 86 valence electrons. The van der Waals surface area contributed by atoms with E-state index in [2.05, 4.69) is 0 Å². The van der Waals surface area contributed by atoms with Crippen molar-refractivity contribution < 1.29 is 23.4 Å². The smallest absolute Gasteiger partial charge is 0.333 e. The molecule has 0 spiro atoms. The largest absolute Gasteiger partial charge is 0.479 e. The number of carboxylic acids is 1. The van der Waals surface area contributed by atoms with Crippen LogP contribution in [0.2, 0.25) is 0 Å². The van der Waals surface area contributed by atoms with Crippen molar-refractivity contribution in [2.24, 2.45) is 11.3 Å². The zero-order valence-electron chi connectivity index (χ0n) is 8.22. The molecule has 0 amide bonds. The number of hydrogen-bond acceptors (Lipinski definition) is 4. The summed E-state index contributed by atoms with van der Waals surface area (Å²) in [5.41, 5.74) is -0.657. The van der Waals surface area contributed by atoms with Crippen molar-refractivity contribution in [2.75, 3.05) is 11.5 Å². The van der Waals surface area contributed by atoms with Crippen LogP contribution in [0.15, 0.2) is 0 Å². The Hall–Kier alpha value is -0.620. The molecule has 2 unspecified atom stereocenters. The van der Waals surface area contributed by atoms with E-state index in [9.17, 15) is 18.3 Å². The second-order valence-corrected chi connectivity index (χ2v) is 6.80. The number of rotatable bonds is 3. The topological polar surface area (TPSA) is 91.7 Å². The van der Waals surface area contributed by atoms with E-state index < -0.39 is 27.3 Å². The summed E-state index contributed by atoms with van der Waals surface area (Å²) in [6.45, 7) is 0. The molecule has 2 aliphatic rings. The lowest BCUT2D eigenvalue weighted by Gasteiger charge is -2.24. The molecule has 6 heteroatoms. The first-order chi connectivity index (χ1) is 6.87. The van der Waals surface area contributed by atoms with Crippen LogP contribution in [-0.4, -0.2) is 42.2 Å². The molecule has 0 aromatic rings. The SMILES string of the molecule is O=C(O)C(O)C1(C2CCS(=O)(=O)C2)CC1. The Morgan fingerprint density at radius 3 is 2.33 bits per heavy atom. The molecule has 2 N–H and O–H groups in total. The Bertz CT molecular complexity index is 381. The number of aliphatic carboxylic acids is 1. The summed E-state index contributed by atoms with van der Waals surface area (Å²) in [4.78, 5) is 10.7. The summed E-state index contributed by atoms with van der Waals surface area (Å²) in [5.74, 6) is -1.24. The van der Waals surface area contributed by atoms with Crippen molar-refractivity contribution in [3.8, 4) is 0 Å². The first-order valence-corrected chi connectivity index (χ1v) is 6.81. The van der Waals surface area contributed by atoms with Crippen LogP contribution in [0.3, 0.4) is 0 Å². The fourth-order valence-electron chi connectivity index (χ4n) is 2.54. The number of aliphatic hydroxyl groups excluding tert-OH is 1. The van der Waals surface area contributed by atoms with E-state index >= 15 is 0 Å². The van der Waals surface area contributed by atoms with Crippen molar-refractivity contribution in [2.45, 2.75) is 25.4 Å². The average Bonchev–Trinajstić information content (AvgIpc) is 2.85. The van der Waals surface area contributed by atoms with Crippen molar-refractivity contribution in [3.63, 3.8) is 0 Å². The van der Waals surface area contributed by atoms with E-state index in [4.69, 9.17) is 5.11 Å². The number of hydrogen-bond donors (Lipinski definition) is 2. The summed E-state index contributed by atoms with van der Waals surface area (Å²) in [7, 11) is -3.00. The molecule has 1 aliphatic carbocycles. The predicted octanol–water partition coefficient (Wildman–Crippen LogP) is -0.353. The van der Waals surface area contributed by atoms with Crippen LogP contribution in [-0.2, 0) is 14.6 Å². The van der Waals surface area contributed by atoms with Crippen molar-refractivity contribution in [1.82, 2.24) is 0 Å². The van der Waals surface area contributed by atoms with Crippen molar-refractivity contribution in [3.05, 3.63) is 0 Å². The Balaban J connectivity index is 2.15. The highest BCUT2D eigenvalue weighted by atomic mass is 32.2. The monoisotopic (exact) mass is 234 g/mol. The van der Waals surface area contributed by atoms with Crippen LogP contribution in [0.5, 0.6) is 0 Å². The van der Waals surface area contributed by atoms with E-state index in [0.717, 1.165) is 0 Å². The Morgan fingerprint density at radius 2 is 2.00 bits per heavy atom. The Morgan fingerprint density at radius 1 is 1.40 bits per heavy atom. The van der Waals surface area contributed by atoms with E-state index in [1.807, 2.05) is 0 Å². The zero-order chi connectivity index (χ0) is 11.3. The second kappa shape index (κ2) is 3.18. The fraction of sp³-hybridized carbons (Fsp3) is 0.889. The molecule has 0 radical (unpaired) electrons. The number of carboxylic acid groups (broad SMARTS) is 1. The van der Waals surface area contributed by atoms with Gasteiger partial charge in [-0.25, -0.2) is 13.2 Å². The molecule has 2 rings (SSSR count). The minimum Gasteiger partial charge on any atom is -0.479 e. The Labute approximate surface area is 88.0 Å². The molecule has 2 fully saturated rings. The average molecular weight is 234 g/mol. The standard InChI is InChI=1S/C9H14O5S/c10-7(8(11)12)9(2-3-9)6-1-4-15(13,14)5-6/h6-7,10H,1-5H2,(H,11,12). The number of carbonyl (C=O) groups is 1. The molecule has 0 aromatic carbocycles. The van der Waals surface area contributed by atoms with Crippen LogP contribution in [0.4, 0.5) is 0 Å². The molecule has 2 atom stereocenters. The van der Waals surface area contributed by atoms with Gasteiger partial charge in [0.2, 0.25) is 0 Å². The van der Waals surface area contributed by atoms with E-state index in [0.29, 0.717) is 19.3 Å². The highest BCUT2D eigenvalue weighted by Gasteiger charge is 2.59. The fourth-order valence-corrected chi connectivity index (χ4v) is 4.47. The van der Waals surface area contributed by atoms with Gasteiger partial charge in [0, 0.05) is 5.41 Å². The molecule has 5 nitrogen and oxygen atoms in total. The zero-order valence-corrected chi connectivity index (χ0v) is 9.03. The van der Waals surface area contributed by atoms with Gasteiger partial charge in [-0.05, 0) is 25.2 Å². The summed E-state index contributed by atoms with van der Waals surface area (Å²) < 4.78 is 22.6. The second-order valence-electron chi connectivity index (χ2n) is 4.57. The molecule has 1 saturated carbocycles. The van der Waals surface area contributed by atoms with Gasteiger partial charge in [-0.3, -0.25) is 0 Å². The van der Waals surface area contributed by atoms with Gasteiger partial charge in [0.25, 0.3) is 0 Å². The van der Waals surface area contributed by atoms with Crippen molar-refractivity contribution in [1.29, 1.82) is 0 Å². The van der Waals surface area contributed by atoms with Gasteiger partial charge in [-0.1, -0.05) is 0 Å². The number of aliphatic hydroxyl groups is 1. The molecular formula is C9H14O5S. The summed E-state index contributed by atoms with van der Waals surface area (Å²) in [6.07, 6.45) is 0.337. The van der Waals surface area contributed by atoms with Gasteiger partial charge < -0.3 is 10.2 Å². The maximum absolute atomic E-state index is 11.3. The molecule has 0 bridgehead atoms. The Kier molecular flexibility index (Phi) is 2.31. The van der Waals surface area contributed by atoms with Crippen LogP contribution in [0.1, 0.15) is 19.3 Å². The maximum Gasteiger partial charge on any atom is 0.333 e. The van der Waals surface area contributed by atoms with Gasteiger partial charge in [0.15, 0.2) is 15.9 Å². The lowest BCUT2D eigenvalue weighted by Crippen LogP contribution is -2.36. The third-order valence-electron chi connectivity index (χ3n) is 3.65. The highest BCUT2D eigenvalue weighted by Crippen LogP contribution is 2.57. The molecular weight excluding hydrogens is 220 g/mol. The summed E-state index contributed by atoms with van der Waals surface area (Å²) in [6, 6.07) is 0. The molecule has 1 aliphatic heterocycles. The minimum absolute atomic E-state index is 0.0390. The highest BCUT2D eigenvalue weighted by molar-refractivity contribution is 7.91. The normalized spacial score (nSPS) is 33.5. The van der Waals surface area contributed by atoms with Crippen LogP contribution in [0, 0.1) is 11.3 Å². The van der Waals surface area contributed by atoms with Crippen LogP contribution < -0.4 is 0 Å². The first kappa shape index (κ1) is 10.9. The van der Waals surface area contributed by atoms with Gasteiger partial charge in [0.05, 0.1) is 11.5 Å². The van der Waals surface area contributed by atoms with Gasteiger partial charge >= 0.3 is 5.97 Å². The molecule has 1 heterocycles. The predicted molar refractivity (Wildman–Crippen MR) is 52.1 cm³/mol. The summed E-state index contributed by atoms with van der Waals surface area (Å²) >= 11 is 0. The van der Waals surface area contributed by atoms with Gasteiger partial charge in [-0.15, -0.1) is 0 Å². The van der Waals surface area contributed by atoms with Gasteiger partial charge in [0.1, 0.15) is 0 Å². The lowest BCUT2D eigenvalue weighted by molar-refractivity contribution is -0.152. The van der Waals surface area contributed by atoms with Crippen LogP contribution >= 0.6 is 0 Å². The maximum atomic E-state index is 11.3. The first-order valence-electron chi connectivity index (χ1n) is 4.99. The molecule has 0 aromatic heterocycles. The van der Waals surface area contributed by atoms with E-state index in [1.165, 1.54) is 0 Å². The summed E-state index contributed by atoms with van der Waals surface area (Å²) in [5, 5.41) is 18.3. The quantitative estimate of drug-likeness (QED) is 0.696. The minimum atomic E-state index is -3.00. The van der Waals surface area contributed by atoms with Crippen molar-refractivity contribution >= 4 is 15.8 Å². The van der Waals surface area contributed by atoms with E-state index in [-0.39, 0.29) is 17.4 Å². The van der Waals surface area contributed by atoms with Crippen LogP contribution in [0.25, 0.3) is 0 Å². The van der Waals surface area contributed by atoms with E-state index in [1.54, 1.807) is 0 Å². The third kappa shape index (κ3) is 1.76.